The molecule has 0 spiro atoms. The van der Waals surface area contributed by atoms with Gasteiger partial charge >= 0.3 is 5.76 Å². The van der Waals surface area contributed by atoms with E-state index >= 15 is 0 Å². The van der Waals surface area contributed by atoms with E-state index in [-0.39, 0.29) is 24.4 Å². The van der Waals surface area contributed by atoms with Gasteiger partial charge in [-0.1, -0.05) is 23.7 Å². The molecule has 0 atom stereocenters. The summed E-state index contributed by atoms with van der Waals surface area (Å²) in [6.45, 7) is 0.195. The zero-order valence-corrected chi connectivity index (χ0v) is 13.2. The Bertz CT molecular complexity index is 1010. The second-order valence-corrected chi connectivity index (χ2v) is 5.50. The maximum Gasteiger partial charge on any atom is 0.419 e. The monoisotopic (exact) mass is 341 g/mol. The van der Waals surface area contributed by atoms with Gasteiger partial charge in [-0.2, -0.15) is 5.26 Å². The Morgan fingerprint density at radius 1 is 1.29 bits per heavy atom. The molecule has 0 saturated carbocycles. The second-order valence-electron chi connectivity index (χ2n) is 5.09. The van der Waals surface area contributed by atoms with Gasteiger partial charge in [-0.05, 0) is 30.3 Å². The van der Waals surface area contributed by atoms with Crippen molar-refractivity contribution in [1.82, 2.24) is 4.57 Å². The summed E-state index contributed by atoms with van der Waals surface area (Å²) in [7, 11) is 0. The van der Waals surface area contributed by atoms with E-state index in [4.69, 9.17) is 21.3 Å². The summed E-state index contributed by atoms with van der Waals surface area (Å²) in [5.74, 6) is -0.777. The van der Waals surface area contributed by atoms with Crippen LogP contribution in [-0.4, -0.2) is 10.5 Å². The van der Waals surface area contributed by atoms with Crippen LogP contribution < -0.4 is 11.1 Å². The van der Waals surface area contributed by atoms with Crippen molar-refractivity contribution >= 4 is 34.3 Å². The average Bonchev–Trinajstić information content (AvgIpc) is 2.90. The van der Waals surface area contributed by atoms with Crippen molar-refractivity contribution < 1.29 is 9.21 Å². The van der Waals surface area contributed by atoms with Crippen molar-refractivity contribution in [3.63, 3.8) is 0 Å². The maximum absolute atomic E-state index is 12.1. The molecule has 0 aliphatic carbocycles. The molecular formula is C17H12ClN3O3. The smallest absolute Gasteiger partial charge is 0.408 e. The van der Waals surface area contributed by atoms with Crippen LogP contribution >= 0.6 is 11.6 Å². The summed E-state index contributed by atoms with van der Waals surface area (Å²) >= 11 is 5.85. The number of hydrogen-bond acceptors (Lipinski definition) is 4. The zero-order valence-electron chi connectivity index (χ0n) is 12.5. The van der Waals surface area contributed by atoms with Crippen LogP contribution in [0.15, 0.2) is 51.7 Å². The van der Waals surface area contributed by atoms with Gasteiger partial charge in [0.1, 0.15) is 6.07 Å². The Balaban J connectivity index is 1.71. The van der Waals surface area contributed by atoms with Gasteiger partial charge in [-0.3, -0.25) is 9.36 Å². The average molecular weight is 342 g/mol. The molecule has 0 bridgehead atoms. The van der Waals surface area contributed by atoms with E-state index in [0.717, 1.165) is 0 Å². The SMILES string of the molecule is N#Cc1cc(NC(=O)CCn2c(=O)oc3ccccc32)ccc1Cl. The number of aromatic nitrogens is 1. The molecule has 0 aliphatic rings. The first kappa shape index (κ1) is 15.8. The van der Waals surface area contributed by atoms with Gasteiger partial charge in [0.05, 0.1) is 16.1 Å². The lowest BCUT2D eigenvalue weighted by molar-refractivity contribution is -0.116. The molecule has 1 aromatic heterocycles. The van der Waals surface area contributed by atoms with Crippen molar-refractivity contribution in [1.29, 1.82) is 5.26 Å². The molecule has 3 rings (SSSR count). The normalized spacial score (nSPS) is 10.5. The summed E-state index contributed by atoms with van der Waals surface area (Å²) in [6.07, 6.45) is 0.0912. The highest BCUT2D eigenvalue weighted by atomic mass is 35.5. The van der Waals surface area contributed by atoms with E-state index in [1.165, 1.54) is 10.6 Å². The fourth-order valence-corrected chi connectivity index (χ4v) is 2.51. The summed E-state index contributed by atoms with van der Waals surface area (Å²) in [5.41, 5.74) is 1.89. The third kappa shape index (κ3) is 3.16. The predicted molar refractivity (Wildman–Crippen MR) is 89.9 cm³/mol. The quantitative estimate of drug-likeness (QED) is 0.789. The molecule has 0 unspecified atom stereocenters. The number of carbonyl (C=O) groups excluding carboxylic acids is 1. The number of benzene rings is 2. The van der Waals surface area contributed by atoms with Crippen LogP contribution in [0.4, 0.5) is 5.69 Å². The molecule has 1 heterocycles. The van der Waals surface area contributed by atoms with Crippen LogP contribution in [0.5, 0.6) is 0 Å². The highest BCUT2D eigenvalue weighted by Crippen LogP contribution is 2.20. The molecule has 0 saturated heterocycles. The fourth-order valence-electron chi connectivity index (χ4n) is 2.35. The molecule has 2 aromatic carbocycles. The van der Waals surface area contributed by atoms with Gasteiger partial charge in [0, 0.05) is 18.7 Å². The predicted octanol–water partition coefficient (Wildman–Crippen LogP) is 3.15. The summed E-state index contributed by atoms with van der Waals surface area (Å²) in [4.78, 5) is 23.9. The minimum absolute atomic E-state index is 0.0912. The van der Waals surface area contributed by atoms with Crippen LogP contribution in [0.1, 0.15) is 12.0 Å². The molecule has 24 heavy (non-hydrogen) atoms. The zero-order chi connectivity index (χ0) is 17.1. The molecule has 0 aliphatic heterocycles. The van der Waals surface area contributed by atoms with Crippen molar-refractivity contribution in [2.45, 2.75) is 13.0 Å². The van der Waals surface area contributed by atoms with Crippen molar-refractivity contribution in [2.24, 2.45) is 0 Å². The lowest BCUT2D eigenvalue weighted by Gasteiger charge is -2.06. The number of para-hydroxylation sites is 2. The molecule has 1 N–H and O–H groups in total. The first-order chi connectivity index (χ1) is 11.6. The Hall–Kier alpha value is -3.04. The van der Waals surface area contributed by atoms with Gasteiger partial charge in [0.25, 0.3) is 0 Å². The number of halogens is 1. The standard InChI is InChI=1S/C17H12ClN3O3/c18-13-6-5-12(9-11(13)10-19)20-16(22)7-8-21-14-3-1-2-4-15(14)24-17(21)23/h1-6,9H,7-8H2,(H,20,22). The Labute approximate surface area is 141 Å². The Morgan fingerprint density at radius 2 is 2.08 bits per heavy atom. The van der Waals surface area contributed by atoms with Crippen molar-refractivity contribution in [2.75, 3.05) is 5.32 Å². The molecule has 0 fully saturated rings. The highest BCUT2D eigenvalue weighted by Gasteiger charge is 2.11. The van der Waals surface area contributed by atoms with E-state index in [0.29, 0.717) is 21.8 Å². The number of aryl methyl sites for hydroxylation is 1. The van der Waals surface area contributed by atoms with E-state index in [9.17, 15) is 9.59 Å². The van der Waals surface area contributed by atoms with E-state index < -0.39 is 5.76 Å². The molecule has 7 heteroatoms. The number of fused-ring (bicyclic) bond motifs is 1. The van der Waals surface area contributed by atoms with Gasteiger partial charge in [-0.25, -0.2) is 4.79 Å². The van der Waals surface area contributed by atoms with Gasteiger partial charge in [0.15, 0.2) is 5.58 Å². The van der Waals surface area contributed by atoms with Crippen molar-refractivity contribution in [3.8, 4) is 6.07 Å². The number of nitriles is 1. The molecule has 3 aromatic rings. The largest absolute Gasteiger partial charge is 0.419 e. The van der Waals surface area contributed by atoms with Crippen LogP contribution in [0.3, 0.4) is 0 Å². The number of hydrogen-bond donors (Lipinski definition) is 1. The number of rotatable bonds is 4. The molecule has 120 valence electrons. The molecule has 6 nitrogen and oxygen atoms in total. The molecular weight excluding hydrogens is 330 g/mol. The number of amides is 1. The minimum atomic E-state index is -0.498. The number of nitrogens with zero attached hydrogens (tertiary/aromatic N) is 2. The first-order valence-corrected chi connectivity index (χ1v) is 7.54. The molecule has 1 amide bonds. The number of nitrogens with one attached hydrogen (secondary N) is 1. The summed E-state index contributed by atoms with van der Waals surface area (Å²) in [5, 5.41) is 11.9. The lowest BCUT2D eigenvalue weighted by atomic mass is 10.2. The third-order valence-electron chi connectivity index (χ3n) is 3.51. The van der Waals surface area contributed by atoms with E-state index in [1.807, 2.05) is 6.07 Å². The third-order valence-corrected chi connectivity index (χ3v) is 3.84. The second kappa shape index (κ2) is 6.60. The highest BCUT2D eigenvalue weighted by molar-refractivity contribution is 6.31. The van der Waals surface area contributed by atoms with Crippen LogP contribution in [-0.2, 0) is 11.3 Å². The van der Waals surface area contributed by atoms with Gasteiger partial charge in [-0.15, -0.1) is 0 Å². The van der Waals surface area contributed by atoms with E-state index in [1.54, 1.807) is 36.4 Å². The Kier molecular flexibility index (Phi) is 4.36. The molecule has 0 radical (unpaired) electrons. The first-order valence-electron chi connectivity index (χ1n) is 7.16. The number of anilines is 1. The van der Waals surface area contributed by atoms with Gasteiger partial charge < -0.3 is 9.73 Å². The minimum Gasteiger partial charge on any atom is -0.408 e. The summed E-state index contributed by atoms with van der Waals surface area (Å²) < 4.78 is 6.53. The summed E-state index contributed by atoms with van der Waals surface area (Å²) in [6, 6.07) is 13.6. The van der Waals surface area contributed by atoms with Crippen LogP contribution in [0.2, 0.25) is 5.02 Å². The fraction of sp³-hybridized carbons (Fsp3) is 0.118. The van der Waals surface area contributed by atoms with Crippen LogP contribution in [0.25, 0.3) is 11.1 Å². The Morgan fingerprint density at radius 3 is 2.88 bits per heavy atom. The van der Waals surface area contributed by atoms with Gasteiger partial charge in [0.2, 0.25) is 5.91 Å². The lowest BCUT2D eigenvalue weighted by Crippen LogP contribution is -2.19. The van der Waals surface area contributed by atoms with Crippen LogP contribution in [0, 0.1) is 11.3 Å². The number of oxazole rings is 1. The van der Waals surface area contributed by atoms with E-state index in [2.05, 4.69) is 5.32 Å². The van der Waals surface area contributed by atoms with Crippen molar-refractivity contribution in [3.05, 3.63) is 63.6 Å². The number of carbonyl (C=O) groups is 1. The topological polar surface area (TPSA) is 88.0 Å². The maximum atomic E-state index is 12.1.